The second kappa shape index (κ2) is 6.31. The van der Waals surface area contributed by atoms with Gasteiger partial charge in [0.1, 0.15) is 0 Å². The van der Waals surface area contributed by atoms with Crippen LogP contribution in [0.3, 0.4) is 0 Å². The molecule has 1 nitrogen and oxygen atoms in total. The van der Waals surface area contributed by atoms with E-state index in [9.17, 15) is 0 Å². The molecule has 13 heavy (non-hydrogen) atoms. The first kappa shape index (κ1) is 10.9. The Labute approximate surface area is 89.9 Å². The topological polar surface area (TPSA) is 12.4 Å². The molecule has 0 unspecified atom stereocenters. The van der Waals surface area contributed by atoms with Crippen molar-refractivity contribution in [1.82, 2.24) is 0 Å². The molecule has 0 aromatic carbocycles. The molecule has 1 rings (SSSR count). The highest BCUT2D eigenvalue weighted by Crippen LogP contribution is 2.24. The van der Waals surface area contributed by atoms with Crippen LogP contribution < -0.4 is 0 Å². The van der Waals surface area contributed by atoms with Crippen LogP contribution in [0.25, 0.3) is 0 Å². The lowest BCUT2D eigenvalue weighted by Crippen LogP contribution is -1.97. The summed E-state index contributed by atoms with van der Waals surface area (Å²) >= 11 is 10.5. The van der Waals surface area contributed by atoms with E-state index in [4.69, 9.17) is 11.6 Å². The lowest BCUT2D eigenvalue weighted by Gasteiger charge is -2.12. The molecule has 0 fully saturated rings. The van der Waals surface area contributed by atoms with Gasteiger partial charge in [-0.15, -0.1) is 11.6 Å². The maximum absolute atomic E-state index is 5.86. The van der Waals surface area contributed by atoms with Gasteiger partial charge in [0.25, 0.3) is 0 Å². The zero-order valence-electron chi connectivity index (χ0n) is 7.68. The minimum absolute atomic E-state index is 0.593. The van der Waals surface area contributed by atoms with Crippen LogP contribution in [0.1, 0.15) is 38.5 Å². The molecule has 1 aliphatic carbocycles. The number of halogens is 1. The number of rotatable bonds is 2. The van der Waals surface area contributed by atoms with Crippen molar-refractivity contribution in [2.45, 2.75) is 38.5 Å². The number of alkyl halides is 1. The number of hydrogen-bond donors (Lipinski definition) is 0. The zero-order chi connectivity index (χ0) is 9.52. The van der Waals surface area contributed by atoms with Gasteiger partial charge in [0.15, 0.2) is 0 Å². The molecule has 0 amide bonds. The van der Waals surface area contributed by atoms with Crippen LogP contribution in [0, 0.1) is 0 Å². The molecule has 0 saturated heterocycles. The molecular formula is C10H14ClNS. The number of isothiocyanates is 1. The van der Waals surface area contributed by atoms with Crippen molar-refractivity contribution < 1.29 is 0 Å². The number of allylic oxidation sites excluding steroid dienone is 2. The Bertz CT molecular complexity index is 241. The third-order valence-corrected chi connectivity index (χ3v) is 2.81. The van der Waals surface area contributed by atoms with Crippen LogP contribution in [-0.2, 0) is 0 Å². The molecule has 3 heteroatoms. The first-order valence-electron chi connectivity index (χ1n) is 4.73. The average molecular weight is 216 g/mol. The minimum atomic E-state index is 0.593. The van der Waals surface area contributed by atoms with Crippen molar-refractivity contribution in [3.8, 4) is 0 Å². The van der Waals surface area contributed by atoms with Gasteiger partial charge in [0.05, 0.1) is 10.9 Å². The molecule has 0 aromatic heterocycles. The van der Waals surface area contributed by atoms with Crippen molar-refractivity contribution in [2.24, 2.45) is 4.99 Å². The first-order valence-corrected chi connectivity index (χ1v) is 5.67. The fourth-order valence-electron chi connectivity index (χ4n) is 1.64. The minimum Gasteiger partial charge on any atom is -0.199 e. The smallest absolute Gasteiger partial charge is 0.0637 e. The Kier molecular flexibility index (Phi) is 5.29. The second-order valence-electron chi connectivity index (χ2n) is 3.30. The molecule has 0 bridgehead atoms. The van der Waals surface area contributed by atoms with E-state index in [-0.39, 0.29) is 0 Å². The van der Waals surface area contributed by atoms with Gasteiger partial charge in [-0.3, -0.25) is 0 Å². The van der Waals surface area contributed by atoms with Gasteiger partial charge < -0.3 is 0 Å². The van der Waals surface area contributed by atoms with Gasteiger partial charge in [-0.05, 0) is 43.5 Å². The number of hydrogen-bond acceptors (Lipinski definition) is 2. The number of thiocarbonyl (C=S) groups is 1. The Morgan fingerprint density at radius 2 is 1.92 bits per heavy atom. The Morgan fingerprint density at radius 3 is 2.54 bits per heavy atom. The molecule has 1 aliphatic rings. The molecule has 0 saturated carbocycles. The summed E-state index contributed by atoms with van der Waals surface area (Å²) in [6.45, 7) is 0. The van der Waals surface area contributed by atoms with E-state index in [0.717, 1.165) is 18.5 Å². The van der Waals surface area contributed by atoms with Crippen LogP contribution >= 0.6 is 23.8 Å². The Hall–Kier alpha value is -0.170. The van der Waals surface area contributed by atoms with Crippen molar-refractivity contribution >= 4 is 29.0 Å². The third kappa shape index (κ3) is 3.60. The second-order valence-corrected chi connectivity index (χ2v) is 3.75. The predicted octanol–water partition coefficient (Wildman–Crippen LogP) is 3.94. The molecule has 0 aliphatic heterocycles. The van der Waals surface area contributed by atoms with Crippen LogP contribution in [-0.4, -0.2) is 11.0 Å². The van der Waals surface area contributed by atoms with E-state index in [1.165, 1.54) is 31.3 Å². The molecule has 0 aromatic rings. The zero-order valence-corrected chi connectivity index (χ0v) is 9.26. The van der Waals surface area contributed by atoms with Crippen molar-refractivity contribution in [3.05, 3.63) is 11.3 Å². The van der Waals surface area contributed by atoms with E-state index in [0.29, 0.717) is 5.88 Å². The van der Waals surface area contributed by atoms with Crippen molar-refractivity contribution in [1.29, 1.82) is 0 Å². The highest BCUT2D eigenvalue weighted by molar-refractivity contribution is 7.78. The van der Waals surface area contributed by atoms with E-state index in [2.05, 4.69) is 22.4 Å². The number of aliphatic imine (C=N–C) groups is 1. The van der Waals surface area contributed by atoms with Gasteiger partial charge in [0.2, 0.25) is 0 Å². The van der Waals surface area contributed by atoms with E-state index < -0.39 is 0 Å². The fraction of sp³-hybridized carbons (Fsp3) is 0.700. The SMILES string of the molecule is S=C=NC1=C(CCl)CCCCCC1. The van der Waals surface area contributed by atoms with Crippen LogP contribution in [0.2, 0.25) is 0 Å². The van der Waals surface area contributed by atoms with Gasteiger partial charge in [0, 0.05) is 5.88 Å². The standard InChI is InChI=1S/C10H14ClNS/c11-7-9-5-3-1-2-4-6-10(9)12-8-13/h1-7H2. The third-order valence-electron chi connectivity index (χ3n) is 2.39. The first-order chi connectivity index (χ1) is 6.38. The highest BCUT2D eigenvalue weighted by atomic mass is 35.5. The largest absolute Gasteiger partial charge is 0.199 e. The lowest BCUT2D eigenvalue weighted by atomic mass is 9.98. The summed E-state index contributed by atoms with van der Waals surface area (Å²) in [5.74, 6) is 0.593. The molecule has 72 valence electrons. The highest BCUT2D eigenvalue weighted by Gasteiger charge is 2.08. The van der Waals surface area contributed by atoms with E-state index in [1.807, 2.05) is 0 Å². The monoisotopic (exact) mass is 215 g/mol. The van der Waals surface area contributed by atoms with E-state index in [1.54, 1.807) is 0 Å². The summed E-state index contributed by atoms with van der Waals surface area (Å²) in [6.07, 6.45) is 7.15. The molecular weight excluding hydrogens is 202 g/mol. The van der Waals surface area contributed by atoms with Crippen LogP contribution in [0.15, 0.2) is 16.3 Å². The molecule has 0 atom stereocenters. The van der Waals surface area contributed by atoms with Gasteiger partial charge in [-0.2, -0.15) is 4.99 Å². The summed E-state index contributed by atoms with van der Waals surface area (Å²) in [5, 5.41) is 2.44. The number of nitrogens with zero attached hydrogens (tertiary/aromatic N) is 1. The molecule has 0 radical (unpaired) electrons. The van der Waals surface area contributed by atoms with Gasteiger partial charge in [-0.1, -0.05) is 12.8 Å². The molecule has 0 heterocycles. The normalized spacial score (nSPS) is 18.8. The summed E-state index contributed by atoms with van der Waals surface area (Å²) in [4.78, 5) is 4.10. The van der Waals surface area contributed by atoms with E-state index >= 15 is 0 Å². The van der Waals surface area contributed by atoms with Gasteiger partial charge >= 0.3 is 0 Å². The lowest BCUT2D eigenvalue weighted by molar-refractivity contribution is 0.609. The van der Waals surface area contributed by atoms with Crippen molar-refractivity contribution in [3.63, 3.8) is 0 Å². The molecule has 0 spiro atoms. The summed E-state index contributed by atoms with van der Waals surface area (Å²) in [6, 6.07) is 0. The predicted molar refractivity (Wildman–Crippen MR) is 60.5 cm³/mol. The Morgan fingerprint density at radius 1 is 1.23 bits per heavy atom. The summed E-state index contributed by atoms with van der Waals surface area (Å²) in [7, 11) is 0. The van der Waals surface area contributed by atoms with Crippen molar-refractivity contribution in [2.75, 3.05) is 5.88 Å². The fourth-order valence-corrected chi connectivity index (χ4v) is 2.04. The maximum atomic E-state index is 5.86. The summed E-state index contributed by atoms with van der Waals surface area (Å²) in [5.41, 5.74) is 2.35. The Balaban J connectivity index is 2.79. The van der Waals surface area contributed by atoms with Gasteiger partial charge in [-0.25, -0.2) is 0 Å². The quantitative estimate of drug-likeness (QED) is 0.386. The van der Waals surface area contributed by atoms with Crippen LogP contribution in [0.5, 0.6) is 0 Å². The molecule has 0 N–H and O–H groups in total. The summed E-state index contributed by atoms with van der Waals surface area (Å²) < 4.78 is 0. The maximum Gasteiger partial charge on any atom is 0.0637 e. The van der Waals surface area contributed by atoms with Crippen LogP contribution in [0.4, 0.5) is 0 Å². The average Bonchev–Trinajstić information content (AvgIpc) is 2.10.